The third-order valence-corrected chi connectivity index (χ3v) is 4.74. The van der Waals surface area contributed by atoms with E-state index in [1.165, 1.54) is 17.8 Å². The molecular formula is C22H26N8O. The molecule has 2 aromatic heterocycles. The Balaban J connectivity index is 0.000000254. The van der Waals surface area contributed by atoms with Gasteiger partial charge >= 0.3 is 0 Å². The van der Waals surface area contributed by atoms with Gasteiger partial charge < -0.3 is 11.5 Å². The van der Waals surface area contributed by atoms with Gasteiger partial charge in [-0.3, -0.25) is 14.7 Å². The second kappa shape index (κ2) is 11.5. The van der Waals surface area contributed by atoms with E-state index in [2.05, 4.69) is 60.2 Å². The Morgan fingerprint density at radius 1 is 0.935 bits per heavy atom. The van der Waals surface area contributed by atoms with Gasteiger partial charge in [0.05, 0.1) is 11.7 Å². The van der Waals surface area contributed by atoms with Gasteiger partial charge in [0.1, 0.15) is 5.69 Å². The number of aliphatic imine (C=N–C) groups is 1. The summed E-state index contributed by atoms with van der Waals surface area (Å²) in [6.45, 7) is 3.20. The van der Waals surface area contributed by atoms with Crippen LogP contribution in [0.2, 0.25) is 0 Å². The predicted octanol–water partition coefficient (Wildman–Crippen LogP) is 2.01. The second-order valence-corrected chi connectivity index (χ2v) is 7.07. The zero-order chi connectivity index (χ0) is 21.9. The van der Waals surface area contributed by atoms with Crippen molar-refractivity contribution >= 4 is 24.4 Å². The lowest BCUT2D eigenvalue weighted by molar-refractivity contribution is 0.111. The maximum absolute atomic E-state index is 10.0. The Morgan fingerprint density at radius 3 is 2.13 bits per heavy atom. The van der Waals surface area contributed by atoms with Crippen LogP contribution in [0.3, 0.4) is 0 Å². The number of hydrogen-bond donors (Lipinski definition) is 2. The first-order chi connectivity index (χ1) is 15.1. The van der Waals surface area contributed by atoms with Gasteiger partial charge in [0.15, 0.2) is 6.29 Å². The number of aldehydes is 1. The van der Waals surface area contributed by atoms with E-state index in [9.17, 15) is 4.79 Å². The normalized spacial score (nSPS) is 14.7. The van der Waals surface area contributed by atoms with E-state index in [1.54, 1.807) is 6.20 Å². The summed E-state index contributed by atoms with van der Waals surface area (Å²) in [4.78, 5) is 32.3. The first-order valence-electron chi connectivity index (χ1n) is 10.0. The minimum Gasteiger partial charge on any atom is -0.368 e. The number of nitrogens with two attached hydrogens (primary N) is 2. The number of carbonyl (C=O) groups is 1. The van der Waals surface area contributed by atoms with Crippen molar-refractivity contribution in [2.75, 3.05) is 24.6 Å². The fourth-order valence-corrected chi connectivity index (χ4v) is 3.16. The topological polar surface area (TPSA) is 136 Å². The van der Waals surface area contributed by atoms with Crippen molar-refractivity contribution in [1.29, 1.82) is 0 Å². The molecule has 0 aliphatic carbocycles. The molecule has 0 atom stereocenters. The minimum absolute atomic E-state index is 0.125. The van der Waals surface area contributed by atoms with Gasteiger partial charge in [-0.15, -0.1) is 0 Å². The zero-order valence-corrected chi connectivity index (χ0v) is 17.2. The fraction of sp³-hybridized carbons (Fsp3) is 0.273. The Kier molecular flexibility index (Phi) is 8.13. The number of aromatic nitrogens is 4. The molecule has 3 aromatic rings. The first kappa shape index (κ1) is 22.0. The minimum atomic E-state index is 0.125. The third kappa shape index (κ3) is 7.56. The Morgan fingerprint density at radius 2 is 1.55 bits per heavy atom. The van der Waals surface area contributed by atoms with Gasteiger partial charge in [0, 0.05) is 38.2 Å². The van der Waals surface area contributed by atoms with E-state index < -0.39 is 0 Å². The number of rotatable bonds is 5. The number of nitrogen functional groups attached to an aromatic ring is 2. The molecule has 4 N–H and O–H groups in total. The maximum atomic E-state index is 10.0. The van der Waals surface area contributed by atoms with Crippen LogP contribution in [0.5, 0.6) is 0 Å². The lowest BCUT2D eigenvalue weighted by Crippen LogP contribution is -2.34. The van der Waals surface area contributed by atoms with E-state index in [0.717, 1.165) is 38.2 Å². The molecule has 1 aliphatic rings. The van der Waals surface area contributed by atoms with Crippen molar-refractivity contribution in [2.45, 2.75) is 25.4 Å². The van der Waals surface area contributed by atoms with Crippen LogP contribution in [0.15, 0.2) is 59.9 Å². The Hall–Kier alpha value is -3.72. The number of likely N-dealkylation sites (tertiary alicyclic amines) is 1. The molecule has 1 fully saturated rings. The number of carbonyl (C=O) groups excluding carboxylic acids is 1. The quantitative estimate of drug-likeness (QED) is 0.474. The molecule has 9 nitrogen and oxygen atoms in total. The standard InChI is InChI=1S/C17H21N5.C5H5N3O/c18-17-19-9-6-16(21-17)12-20-15-7-10-22(11-8-15)13-14-4-2-1-3-5-14;6-5-7-2-1-4(3-9)8-5/h1-6,9,12,15H,7-8,10-11,13H2,(H2,18,19,21);1-3H,(H2,6,7,8). The molecule has 1 aromatic carbocycles. The van der Waals surface area contributed by atoms with E-state index in [1.807, 2.05) is 12.3 Å². The van der Waals surface area contributed by atoms with Gasteiger partial charge in [-0.25, -0.2) is 19.9 Å². The summed E-state index contributed by atoms with van der Waals surface area (Å²) in [7, 11) is 0. The summed E-state index contributed by atoms with van der Waals surface area (Å²) in [5.74, 6) is 0.418. The average molecular weight is 419 g/mol. The summed E-state index contributed by atoms with van der Waals surface area (Å²) in [6.07, 6.45) is 7.71. The number of piperidine rings is 1. The molecule has 0 unspecified atom stereocenters. The highest BCUT2D eigenvalue weighted by Gasteiger charge is 2.18. The molecule has 1 aliphatic heterocycles. The number of nitrogens with zero attached hydrogens (tertiary/aromatic N) is 6. The van der Waals surface area contributed by atoms with Crippen LogP contribution >= 0.6 is 0 Å². The lowest BCUT2D eigenvalue weighted by atomic mass is 10.0. The zero-order valence-electron chi connectivity index (χ0n) is 17.2. The average Bonchev–Trinajstić information content (AvgIpc) is 2.80. The van der Waals surface area contributed by atoms with Crippen molar-refractivity contribution in [3.63, 3.8) is 0 Å². The Bertz CT molecular complexity index is 988. The van der Waals surface area contributed by atoms with Gasteiger partial charge in [-0.05, 0) is 30.5 Å². The van der Waals surface area contributed by atoms with E-state index in [0.29, 0.717) is 24.0 Å². The summed E-state index contributed by atoms with van der Waals surface area (Å²) < 4.78 is 0. The maximum Gasteiger partial charge on any atom is 0.220 e. The van der Waals surface area contributed by atoms with Crippen LogP contribution in [0.1, 0.15) is 34.6 Å². The molecule has 31 heavy (non-hydrogen) atoms. The molecule has 0 bridgehead atoms. The third-order valence-electron chi connectivity index (χ3n) is 4.74. The van der Waals surface area contributed by atoms with Crippen molar-refractivity contribution in [3.8, 4) is 0 Å². The van der Waals surface area contributed by atoms with Crippen molar-refractivity contribution in [1.82, 2.24) is 24.8 Å². The molecule has 0 amide bonds. The monoisotopic (exact) mass is 418 g/mol. The fourth-order valence-electron chi connectivity index (χ4n) is 3.16. The van der Waals surface area contributed by atoms with Gasteiger partial charge in [-0.1, -0.05) is 30.3 Å². The van der Waals surface area contributed by atoms with Crippen LogP contribution in [0, 0.1) is 0 Å². The van der Waals surface area contributed by atoms with Gasteiger partial charge in [0.2, 0.25) is 11.9 Å². The van der Waals surface area contributed by atoms with Crippen molar-refractivity contribution < 1.29 is 4.79 Å². The molecule has 0 radical (unpaired) electrons. The number of hydrogen-bond acceptors (Lipinski definition) is 9. The molecule has 160 valence electrons. The second-order valence-electron chi connectivity index (χ2n) is 7.07. The molecule has 3 heterocycles. The highest BCUT2D eigenvalue weighted by molar-refractivity contribution is 5.77. The molecule has 1 saturated heterocycles. The van der Waals surface area contributed by atoms with Crippen molar-refractivity contribution in [3.05, 3.63) is 71.8 Å². The molecule has 4 rings (SSSR count). The van der Waals surface area contributed by atoms with Crippen LogP contribution in [-0.4, -0.2) is 56.5 Å². The highest BCUT2D eigenvalue weighted by atomic mass is 16.1. The molecule has 0 saturated carbocycles. The van der Waals surface area contributed by atoms with Crippen LogP contribution in [0.4, 0.5) is 11.9 Å². The lowest BCUT2D eigenvalue weighted by Gasteiger charge is -2.30. The van der Waals surface area contributed by atoms with E-state index in [-0.39, 0.29) is 5.95 Å². The number of benzene rings is 1. The van der Waals surface area contributed by atoms with Crippen LogP contribution in [-0.2, 0) is 6.54 Å². The molecule has 9 heteroatoms. The van der Waals surface area contributed by atoms with E-state index in [4.69, 9.17) is 11.5 Å². The smallest absolute Gasteiger partial charge is 0.220 e. The van der Waals surface area contributed by atoms with E-state index >= 15 is 0 Å². The summed E-state index contributed by atoms with van der Waals surface area (Å²) in [5.41, 5.74) is 13.2. The first-order valence-corrected chi connectivity index (χ1v) is 10.0. The number of anilines is 2. The SMILES string of the molecule is Nc1nccc(C=NC2CCN(Cc3ccccc3)CC2)n1.Nc1nccc(C=O)n1. The molecule has 0 spiro atoms. The largest absolute Gasteiger partial charge is 0.368 e. The summed E-state index contributed by atoms with van der Waals surface area (Å²) in [5, 5.41) is 0. The summed E-state index contributed by atoms with van der Waals surface area (Å²) in [6, 6.07) is 14.3. The van der Waals surface area contributed by atoms with Gasteiger partial charge in [-0.2, -0.15) is 0 Å². The highest BCUT2D eigenvalue weighted by Crippen LogP contribution is 2.16. The summed E-state index contributed by atoms with van der Waals surface area (Å²) >= 11 is 0. The predicted molar refractivity (Wildman–Crippen MR) is 121 cm³/mol. The Labute approximate surface area is 181 Å². The van der Waals surface area contributed by atoms with Crippen LogP contribution in [0.25, 0.3) is 0 Å². The molecular weight excluding hydrogens is 392 g/mol. The van der Waals surface area contributed by atoms with Crippen molar-refractivity contribution in [2.24, 2.45) is 4.99 Å². The van der Waals surface area contributed by atoms with Gasteiger partial charge in [0.25, 0.3) is 0 Å². The van der Waals surface area contributed by atoms with Crippen LogP contribution < -0.4 is 11.5 Å².